The molecule has 1 aromatic carbocycles. The number of likely N-dealkylation sites (tertiary alicyclic amines) is 1. The standard InChI is InChI=1S/C17H16N4O2/c1-12-2-4-13(5-3-12)17(22)21-9-6-14(11-21)23-16-15(10-18)19-7-8-20-16/h2-5,7-8,14H,6,9,11H2,1H3. The van der Waals surface area contributed by atoms with E-state index in [4.69, 9.17) is 10.00 Å². The van der Waals surface area contributed by atoms with Gasteiger partial charge in [-0.3, -0.25) is 4.79 Å². The zero-order chi connectivity index (χ0) is 16.2. The summed E-state index contributed by atoms with van der Waals surface area (Å²) in [5, 5.41) is 9.01. The van der Waals surface area contributed by atoms with E-state index in [0.29, 0.717) is 25.1 Å². The van der Waals surface area contributed by atoms with Gasteiger partial charge in [0, 0.05) is 30.9 Å². The van der Waals surface area contributed by atoms with Crippen LogP contribution in [0.1, 0.15) is 28.0 Å². The molecule has 1 atom stereocenters. The van der Waals surface area contributed by atoms with Crippen LogP contribution in [0.5, 0.6) is 5.88 Å². The third-order valence-electron chi connectivity index (χ3n) is 3.78. The van der Waals surface area contributed by atoms with Gasteiger partial charge in [-0.2, -0.15) is 5.26 Å². The van der Waals surface area contributed by atoms with Crippen LogP contribution in [0.2, 0.25) is 0 Å². The summed E-state index contributed by atoms with van der Waals surface area (Å²) in [7, 11) is 0. The van der Waals surface area contributed by atoms with E-state index in [2.05, 4.69) is 9.97 Å². The number of ether oxygens (including phenoxy) is 1. The smallest absolute Gasteiger partial charge is 0.253 e. The molecule has 6 nitrogen and oxygen atoms in total. The predicted molar refractivity (Wildman–Crippen MR) is 82.9 cm³/mol. The van der Waals surface area contributed by atoms with Crippen molar-refractivity contribution < 1.29 is 9.53 Å². The lowest BCUT2D eigenvalue weighted by Gasteiger charge is -2.17. The molecule has 6 heteroatoms. The molecular formula is C17H16N4O2. The SMILES string of the molecule is Cc1ccc(C(=O)N2CCC(Oc3nccnc3C#N)C2)cc1. The molecule has 0 N–H and O–H groups in total. The molecule has 1 unspecified atom stereocenters. The third kappa shape index (κ3) is 3.29. The number of aromatic nitrogens is 2. The number of nitriles is 1. The Bertz CT molecular complexity index is 752. The number of nitrogens with zero attached hydrogens (tertiary/aromatic N) is 4. The molecule has 0 saturated carbocycles. The van der Waals surface area contributed by atoms with Gasteiger partial charge in [0.15, 0.2) is 0 Å². The highest BCUT2D eigenvalue weighted by Gasteiger charge is 2.29. The van der Waals surface area contributed by atoms with Crippen LogP contribution < -0.4 is 4.74 Å². The van der Waals surface area contributed by atoms with E-state index in [0.717, 1.165) is 5.56 Å². The van der Waals surface area contributed by atoms with Crippen molar-refractivity contribution in [3.05, 3.63) is 53.5 Å². The van der Waals surface area contributed by atoms with Crippen LogP contribution in [0.4, 0.5) is 0 Å². The van der Waals surface area contributed by atoms with Crippen molar-refractivity contribution in [2.24, 2.45) is 0 Å². The first-order chi connectivity index (χ1) is 11.2. The second-order valence-corrected chi connectivity index (χ2v) is 5.47. The van der Waals surface area contributed by atoms with Gasteiger partial charge in [-0.25, -0.2) is 9.97 Å². The monoisotopic (exact) mass is 308 g/mol. The lowest BCUT2D eigenvalue weighted by Crippen LogP contribution is -2.31. The first-order valence-electron chi connectivity index (χ1n) is 7.41. The normalized spacial score (nSPS) is 16.9. The predicted octanol–water partition coefficient (Wildman–Crippen LogP) is 1.95. The second kappa shape index (κ2) is 6.44. The largest absolute Gasteiger partial charge is 0.470 e. The van der Waals surface area contributed by atoms with E-state index in [1.54, 1.807) is 4.90 Å². The summed E-state index contributed by atoms with van der Waals surface area (Å²) in [4.78, 5) is 22.2. The summed E-state index contributed by atoms with van der Waals surface area (Å²) < 4.78 is 5.74. The Morgan fingerprint density at radius 1 is 1.30 bits per heavy atom. The fourth-order valence-corrected chi connectivity index (χ4v) is 2.53. The Balaban J connectivity index is 1.65. The maximum Gasteiger partial charge on any atom is 0.253 e. The zero-order valence-electron chi connectivity index (χ0n) is 12.8. The van der Waals surface area contributed by atoms with Crippen LogP contribution in [0, 0.1) is 18.3 Å². The van der Waals surface area contributed by atoms with E-state index < -0.39 is 0 Å². The lowest BCUT2D eigenvalue weighted by atomic mass is 10.1. The Morgan fingerprint density at radius 2 is 2.04 bits per heavy atom. The van der Waals surface area contributed by atoms with Crippen molar-refractivity contribution >= 4 is 5.91 Å². The van der Waals surface area contributed by atoms with Crippen LogP contribution in [0.15, 0.2) is 36.7 Å². The summed E-state index contributed by atoms with van der Waals surface area (Å²) >= 11 is 0. The molecular weight excluding hydrogens is 292 g/mol. The number of amides is 1. The van der Waals surface area contributed by atoms with E-state index in [9.17, 15) is 4.79 Å². The minimum atomic E-state index is -0.173. The van der Waals surface area contributed by atoms with Gasteiger partial charge in [0.25, 0.3) is 11.8 Å². The quantitative estimate of drug-likeness (QED) is 0.866. The molecule has 1 aromatic heterocycles. The van der Waals surface area contributed by atoms with Gasteiger partial charge in [0.1, 0.15) is 12.2 Å². The molecule has 3 rings (SSSR count). The van der Waals surface area contributed by atoms with E-state index in [-0.39, 0.29) is 23.6 Å². The Morgan fingerprint density at radius 3 is 2.78 bits per heavy atom. The molecule has 1 amide bonds. The Hall–Kier alpha value is -2.94. The van der Waals surface area contributed by atoms with Crippen LogP contribution in [0.3, 0.4) is 0 Å². The minimum absolute atomic E-state index is 0.00393. The first kappa shape index (κ1) is 15.0. The molecule has 0 spiro atoms. The van der Waals surface area contributed by atoms with Gasteiger partial charge in [0.05, 0.1) is 6.54 Å². The summed E-state index contributed by atoms with van der Waals surface area (Å²) in [5.41, 5.74) is 1.96. The molecule has 1 aliphatic heterocycles. The van der Waals surface area contributed by atoms with Crippen LogP contribution in [-0.4, -0.2) is 40.0 Å². The van der Waals surface area contributed by atoms with Gasteiger partial charge in [-0.15, -0.1) is 0 Å². The van der Waals surface area contributed by atoms with Gasteiger partial charge in [0.2, 0.25) is 5.69 Å². The van der Waals surface area contributed by atoms with Gasteiger partial charge in [-0.1, -0.05) is 17.7 Å². The van der Waals surface area contributed by atoms with Crippen LogP contribution >= 0.6 is 0 Å². The van der Waals surface area contributed by atoms with Crippen molar-refractivity contribution in [2.75, 3.05) is 13.1 Å². The molecule has 1 fully saturated rings. The van der Waals surface area contributed by atoms with E-state index >= 15 is 0 Å². The maximum atomic E-state index is 12.5. The van der Waals surface area contributed by atoms with Crippen molar-refractivity contribution in [3.63, 3.8) is 0 Å². The molecule has 0 radical (unpaired) electrons. The molecule has 1 saturated heterocycles. The third-order valence-corrected chi connectivity index (χ3v) is 3.78. The summed E-state index contributed by atoms with van der Waals surface area (Å²) in [6.45, 7) is 3.09. The summed E-state index contributed by atoms with van der Waals surface area (Å²) in [6.07, 6.45) is 3.47. The number of carbonyl (C=O) groups is 1. The number of hydrogen-bond acceptors (Lipinski definition) is 5. The summed E-state index contributed by atoms with van der Waals surface area (Å²) in [6, 6.07) is 9.48. The Labute approximate surface area is 134 Å². The Kier molecular flexibility index (Phi) is 4.20. The molecule has 116 valence electrons. The number of aryl methyl sites for hydroxylation is 1. The molecule has 2 heterocycles. The fraction of sp³-hybridized carbons (Fsp3) is 0.294. The topological polar surface area (TPSA) is 79.1 Å². The van der Waals surface area contributed by atoms with Crippen molar-refractivity contribution in [1.29, 1.82) is 5.26 Å². The molecule has 2 aromatic rings. The first-order valence-corrected chi connectivity index (χ1v) is 7.41. The summed E-state index contributed by atoms with van der Waals surface area (Å²) in [5.74, 6) is 0.223. The molecule has 0 aliphatic carbocycles. The number of carbonyl (C=O) groups excluding carboxylic acids is 1. The average Bonchev–Trinajstić information content (AvgIpc) is 3.04. The molecule has 0 bridgehead atoms. The van der Waals surface area contributed by atoms with Crippen LogP contribution in [-0.2, 0) is 0 Å². The minimum Gasteiger partial charge on any atom is -0.470 e. The van der Waals surface area contributed by atoms with Crippen LogP contribution in [0.25, 0.3) is 0 Å². The fourth-order valence-electron chi connectivity index (χ4n) is 2.53. The maximum absolute atomic E-state index is 12.5. The lowest BCUT2D eigenvalue weighted by molar-refractivity contribution is 0.0771. The van der Waals surface area contributed by atoms with Crippen molar-refractivity contribution in [1.82, 2.24) is 14.9 Å². The van der Waals surface area contributed by atoms with E-state index in [1.165, 1.54) is 12.4 Å². The van der Waals surface area contributed by atoms with Gasteiger partial charge < -0.3 is 9.64 Å². The van der Waals surface area contributed by atoms with Gasteiger partial charge >= 0.3 is 0 Å². The van der Waals surface area contributed by atoms with Gasteiger partial charge in [-0.05, 0) is 19.1 Å². The second-order valence-electron chi connectivity index (χ2n) is 5.47. The van der Waals surface area contributed by atoms with Crippen molar-refractivity contribution in [2.45, 2.75) is 19.4 Å². The van der Waals surface area contributed by atoms with Crippen molar-refractivity contribution in [3.8, 4) is 11.9 Å². The molecule has 1 aliphatic rings. The highest BCUT2D eigenvalue weighted by atomic mass is 16.5. The average molecular weight is 308 g/mol. The number of hydrogen-bond donors (Lipinski definition) is 0. The highest BCUT2D eigenvalue weighted by molar-refractivity contribution is 5.94. The zero-order valence-corrected chi connectivity index (χ0v) is 12.8. The number of benzene rings is 1. The highest BCUT2D eigenvalue weighted by Crippen LogP contribution is 2.20. The van der Waals surface area contributed by atoms with E-state index in [1.807, 2.05) is 37.3 Å². The number of rotatable bonds is 3. The molecule has 23 heavy (non-hydrogen) atoms.